The molecule has 0 aromatic rings. The van der Waals surface area contributed by atoms with Crippen LogP contribution in [-0.4, -0.2) is 23.4 Å². The van der Waals surface area contributed by atoms with E-state index in [2.05, 4.69) is 0 Å². The molecule has 1 atom stereocenters. The van der Waals surface area contributed by atoms with Crippen molar-refractivity contribution in [2.24, 2.45) is 11.7 Å². The third-order valence-corrected chi connectivity index (χ3v) is 1.99. The van der Waals surface area contributed by atoms with Gasteiger partial charge < -0.3 is 10.8 Å². The number of ketones is 1. The van der Waals surface area contributed by atoms with Gasteiger partial charge in [0.25, 0.3) is 0 Å². The van der Waals surface area contributed by atoms with Gasteiger partial charge in [-0.1, -0.05) is 0 Å². The molecule has 4 heteroatoms. The normalized spacial score (nSPS) is 23.6. The van der Waals surface area contributed by atoms with Crippen LogP contribution >= 0.6 is 0 Å². The third kappa shape index (κ3) is 1.71. The number of carbonyl (C=O) groups excluding carboxylic acids is 2. The largest absolute Gasteiger partial charge is 0.392 e. The first kappa shape index (κ1) is 8.93. The SMILES string of the molecule is NC(=O)C1CCC(CO)=CC1=O. The zero-order chi connectivity index (χ0) is 9.14. The Labute approximate surface area is 70.1 Å². The second-order valence-electron chi connectivity index (χ2n) is 2.86. The number of rotatable bonds is 2. The van der Waals surface area contributed by atoms with E-state index >= 15 is 0 Å². The van der Waals surface area contributed by atoms with E-state index in [-0.39, 0.29) is 12.4 Å². The second kappa shape index (κ2) is 3.49. The molecule has 0 aromatic heterocycles. The minimum atomic E-state index is -0.680. The average molecular weight is 169 g/mol. The van der Waals surface area contributed by atoms with Gasteiger partial charge in [0.15, 0.2) is 5.78 Å². The van der Waals surface area contributed by atoms with Crippen LogP contribution < -0.4 is 5.73 Å². The van der Waals surface area contributed by atoms with Gasteiger partial charge in [0.1, 0.15) is 5.92 Å². The zero-order valence-corrected chi connectivity index (χ0v) is 6.62. The molecule has 0 saturated heterocycles. The number of allylic oxidation sites excluding steroid dienone is 1. The average Bonchev–Trinajstić information content (AvgIpc) is 2.03. The van der Waals surface area contributed by atoms with Crippen LogP contribution in [0.4, 0.5) is 0 Å². The van der Waals surface area contributed by atoms with Crippen LogP contribution in [0.15, 0.2) is 11.6 Å². The minimum absolute atomic E-state index is 0.114. The molecule has 0 bridgehead atoms. The lowest BCUT2D eigenvalue weighted by Crippen LogP contribution is -2.31. The number of carbonyl (C=O) groups is 2. The second-order valence-corrected chi connectivity index (χ2v) is 2.86. The van der Waals surface area contributed by atoms with Gasteiger partial charge in [-0.3, -0.25) is 9.59 Å². The number of hydrogen-bond donors (Lipinski definition) is 2. The maximum absolute atomic E-state index is 11.1. The van der Waals surface area contributed by atoms with Gasteiger partial charge >= 0.3 is 0 Å². The van der Waals surface area contributed by atoms with E-state index in [0.717, 1.165) is 0 Å². The molecule has 0 spiro atoms. The first-order valence-electron chi connectivity index (χ1n) is 3.78. The number of hydrogen-bond acceptors (Lipinski definition) is 3. The monoisotopic (exact) mass is 169 g/mol. The lowest BCUT2D eigenvalue weighted by Gasteiger charge is -2.16. The first-order valence-corrected chi connectivity index (χ1v) is 3.78. The summed E-state index contributed by atoms with van der Waals surface area (Å²) in [4.78, 5) is 21.8. The molecule has 0 saturated carbocycles. The smallest absolute Gasteiger partial charge is 0.228 e. The summed E-state index contributed by atoms with van der Waals surface area (Å²) >= 11 is 0. The Bertz CT molecular complexity index is 245. The zero-order valence-electron chi connectivity index (χ0n) is 6.62. The van der Waals surface area contributed by atoms with Crippen LogP contribution in [0.2, 0.25) is 0 Å². The summed E-state index contributed by atoms with van der Waals surface area (Å²) in [5, 5.41) is 8.70. The van der Waals surface area contributed by atoms with E-state index in [9.17, 15) is 9.59 Å². The van der Waals surface area contributed by atoms with Crippen molar-refractivity contribution < 1.29 is 14.7 Å². The van der Waals surface area contributed by atoms with Crippen molar-refractivity contribution in [3.63, 3.8) is 0 Å². The van der Waals surface area contributed by atoms with Crippen molar-refractivity contribution in [2.45, 2.75) is 12.8 Å². The molecule has 0 aromatic carbocycles. The molecule has 3 N–H and O–H groups in total. The Balaban J connectivity index is 2.73. The summed E-state index contributed by atoms with van der Waals surface area (Å²) in [5.74, 6) is -1.54. The highest BCUT2D eigenvalue weighted by molar-refractivity contribution is 6.07. The predicted octanol–water partition coefficient (Wildman–Crippen LogP) is -0.631. The predicted molar refractivity (Wildman–Crippen MR) is 42.1 cm³/mol. The van der Waals surface area contributed by atoms with Gasteiger partial charge in [0, 0.05) is 0 Å². The topological polar surface area (TPSA) is 80.4 Å². The molecule has 0 fully saturated rings. The van der Waals surface area contributed by atoms with Crippen LogP contribution in [-0.2, 0) is 9.59 Å². The summed E-state index contributed by atoms with van der Waals surface area (Å²) in [6.07, 6.45) is 2.33. The number of amides is 1. The molecule has 1 amide bonds. The Kier molecular flexibility index (Phi) is 2.60. The fourth-order valence-corrected chi connectivity index (χ4v) is 1.25. The van der Waals surface area contributed by atoms with E-state index in [0.29, 0.717) is 18.4 Å². The highest BCUT2D eigenvalue weighted by Gasteiger charge is 2.26. The fourth-order valence-electron chi connectivity index (χ4n) is 1.25. The summed E-state index contributed by atoms with van der Waals surface area (Å²) in [6.45, 7) is -0.114. The Hall–Kier alpha value is -1.16. The van der Waals surface area contributed by atoms with Gasteiger partial charge in [-0.05, 0) is 24.5 Å². The fraction of sp³-hybridized carbons (Fsp3) is 0.500. The van der Waals surface area contributed by atoms with Crippen LogP contribution in [0.1, 0.15) is 12.8 Å². The van der Waals surface area contributed by atoms with Crippen molar-refractivity contribution >= 4 is 11.7 Å². The van der Waals surface area contributed by atoms with Crippen LogP contribution in [0.5, 0.6) is 0 Å². The Morgan fingerprint density at radius 1 is 1.75 bits per heavy atom. The molecule has 4 nitrogen and oxygen atoms in total. The molecule has 0 aliphatic heterocycles. The van der Waals surface area contributed by atoms with Gasteiger partial charge in [-0.15, -0.1) is 0 Å². The maximum Gasteiger partial charge on any atom is 0.228 e. The number of nitrogens with two attached hydrogens (primary N) is 1. The van der Waals surface area contributed by atoms with Gasteiger partial charge in [0.2, 0.25) is 5.91 Å². The maximum atomic E-state index is 11.1. The summed E-state index contributed by atoms with van der Waals surface area (Å²) < 4.78 is 0. The molecule has 0 radical (unpaired) electrons. The summed E-state index contributed by atoms with van der Waals surface area (Å²) in [6, 6.07) is 0. The van der Waals surface area contributed by atoms with E-state index < -0.39 is 11.8 Å². The standard InChI is InChI=1S/C8H11NO3/c9-8(12)6-2-1-5(4-10)3-7(6)11/h3,6,10H,1-2,4H2,(H2,9,12). The molecular weight excluding hydrogens is 158 g/mol. The van der Waals surface area contributed by atoms with Gasteiger partial charge in [0.05, 0.1) is 6.61 Å². The lowest BCUT2D eigenvalue weighted by molar-refractivity contribution is -0.130. The lowest BCUT2D eigenvalue weighted by atomic mass is 9.88. The van der Waals surface area contributed by atoms with E-state index in [1.165, 1.54) is 6.08 Å². The van der Waals surface area contributed by atoms with Crippen LogP contribution in [0.3, 0.4) is 0 Å². The summed E-state index contributed by atoms with van der Waals surface area (Å²) in [5.41, 5.74) is 5.67. The van der Waals surface area contributed by atoms with Gasteiger partial charge in [-0.2, -0.15) is 0 Å². The van der Waals surface area contributed by atoms with E-state index in [1.807, 2.05) is 0 Å². The molecule has 1 rings (SSSR count). The Morgan fingerprint density at radius 3 is 2.83 bits per heavy atom. The minimum Gasteiger partial charge on any atom is -0.392 e. The number of primary amides is 1. The van der Waals surface area contributed by atoms with Crippen molar-refractivity contribution in [2.75, 3.05) is 6.61 Å². The molecule has 66 valence electrons. The summed E-state index contributed by atoms with van der Waals surface area (Å²) in [7, 11) is 0. The number of aliphatic hydroxyl groups is 1. The molecular formula is C8H11NO3. The number of aliphatic hydroxyl groups excluding tert-OH is 1. The van der Waals surface area contributed by atoms with Crippen molar-refractivity contribution in [3.05, 3.63) is 11.6 Å². The molecule has 0 heterocycles. The highest BCUT2D eigenvalue weighted by Crippen LogP contribution is 2.19. The first-order chi connectivity index (χ1) is 5.65. The molecule has 1 aliphatic carbocycles. The molecule has 1 aliphatic rings. The van der Waals surface area contributed by atoms with Crippen LogP contribution in [0.25, 0.3) is 0 Å². The van der Waals surface area contributed by atoms with Crippen molar-refractivity contribution in [3.8, 4) is 0 Å². The van der Waals surface area contributed by atoms with Crippen molar-refractivity contribution in [1.82, 2.24) is 0 Å². The van der Waals surface area contributed by atoms with E-state index in [4.69, 9.17) is 10.8 Å². The third-order valence-electron chi connectivity index (χ3n) is 1.99. The highest BCUT2D eigenvalue weighted by atomic mass is 16.3. The van der Waals surface area contributed by atoms with Gasteiger partial charge in [-0.25, -0.2) is 0 Å². The van der Waals surface area contributed by atoms with Crippen LogP contribution in [0, 0.1) is 5.92 Å². The Morgan fingerprint density at radius 2 is 2.42 bits per heavy atom. The molecule has 1 unspecified atom stereocenters. The quantitative estimate of drug-likeness (QED) is 0.540. The van der Waals surface area contributed by atoms with E-state index in [1.54, 1.807) is 0 Å². The molecule has 12 heavy (non-hydrogen) atoms. The van der Waals surface area contributed by atoms with Crippen molar-refractivity contribution in [1.29, 1.82) is 0 Å².